The van der Waals surface area contributed by atoms with Crippen LogP contribution in [0.4, 0.5) is 5.69 Å². The van der Waals surface area contributed by atoms with Crippen LogP contribution in [0.25, 0.3) is 5.69 Å². The Morgan fingerprint density at radius 3 is 2.68 bits per heavy atom. The van der Waals surface area contributed by atoms with Gasteiger partial charge in [0, 0.05) is 18.3 Å². The molecule has 2 aromatic carbocycles. The van der Waals surface area contributed by atoms with Gasteiger partial charge in [0.2, 0.25) is 0 Å². The molecule has 3 rings (SSSR count). The van der Waals surface area contributed by atoms with Crippen molar-refractivity contribution in [3.63, 3.8) is 0 Å². The van der Waals surface area contributed by atoms with Crippen molar-refractivity contribution in [3.05, 3.63) is 81.1 Å². The Balaban J connectivity index is 1.99. The molecular formula is C18H12ClN3O6. The van der Waals surface area contributed by atoms with E-state index in [1.165, 1.54) is 23.1 Å². The van der Waals surface area contributed by atoms with Gasteiger partial charge in [-0.15, -0.1) is 0 Å². The van der Waals surface area contributed by atoms with Crippen LogP contribution in [0.5, 0.6) is 5.75 Å². The van der Waals surface area contributed by atoms with Gasteiger partial charge in [0.1, 0.15) is 5.75 Å². The standard InChI is InChI=1S/C18H12ClN3O6/c19-14-3-1-2-4-15(14)21-9-11(8-20-21)18(25)13-7-12(22(26)27)5-6-16(13)28-10-17(23)24/h1-9H,10H2,(H,23,24). The van der Waals surface area contributed by atoms with Crippen LogP contribution >= 0.6 is 11.6 Å². The lowest BCUT2D eigenvalue weighted by atomic mass is 10.0. The Morgan fingerprint density at radius 1 is 1.25 bits per heavy atom. The summed E-state index contributed by atoms with van der Waals surface area (Å²) in [6.45, 7) is -0.697. The lowest BCUT2D eigenvalue weighted by molar-refractivity contribution is -0.384. The third-order valence-electron chi connectivity index (χ3n) is 3.71. The summed E-state index contributed by atoms with van der Waals surface area (Å²) < 4.78 is 6.49. The van der Waals surface area contributed by atoms with Crippen molar-refractivity contribution in [2.75, 3.05) is 6.61 Å². The summed E-state index contributed by atoms with van der Waals surface area (Å²) in [6, 6.07) is 10.2. The van der Waals surface area contributed by atoms with Crippen LogP contribution in [0.3, 0.4) is 0 Å². The molecule has 1 N–H and O–H groups in total. The summed E-state index contributed by atoms with van der Waals surface area (Å²) in [7, 11) is 0. The normalized spacial score (nSPS) is 10.5. The second-order valence-electron chi connectivity index (χ2n) is 5.57. The van der Waals surface area contributed by atoms with Gasteiger partial charge in [0.25, 0.3) is 5.69 Å². The number of hydrogen-bond acceptors (Lipinski definition) is 6. The molecular weight excluding hydrogens is 390 g/mol. The van der Waals surface area contributed by atoms with E-state index in [-0.39, 0.29) is 22.6 Å². The highest BCUT2D eigenvalue weighted by Gasteiger charge is 2.21. The van der Waals surface area contributed by atoms with Gasteiger partial charge < -0.3 is 9.84 Å². The molecule has 0 saturated carbocycles. The van der Waals surface area contributed by atoms with Crippen LogP contribution in [0.1, 0.15) is 15.9 Å². The third-order valence-corrected chi connectivity index (χ3v) is 4.03. The summed E-state index contributed by atoms with van der Waals surface area (Å²) in [6.07, 6.45) is 2.70. The highest BCUT2D eigenvalue weighted by atomic mass is 35.5. The summed E-state index contributed by atoms with van der Waals surface area (Å²) >= 11 is 6.12. The lowest BCUT2D eigenvalue weighted by Crippen LogP contribution is -2.12. The molecule has 0 fully saturated rings. The van der Waals surface area contributed by atoms with E-state index >= 15 is 0 Å². The van der Waals surface area contributed by atoms with Crippen LogP contribution in [0.2, 0.25) is 5.02 Å². The first-order chi connectivity index (χ1) is 13.4. The number of halogens is 1. The van der Waals surface area contributed by atoms with Crippen LogP contribution < -0.4 is 4.74 Å². The van der Waals surface area contributed by atoms with Gasteiger partial charge in [-0.2, -0.15) is 5.10 Å². The molecule has 1 heterocycles. The van der Waals surface area contributed by atoms with Crippen molar-refractivity contribution in [1.82, 2.24) is 9.78 Å². The van der Waals surface area contributed by atoms with E-state index in [0.717, 1.165) is 12.1 Å². The Bertz CT molecular complexity index is 1080. The predicted octanol–water partition coefficient (Wildman–Crippen LogP) is 3.13. The fraction of sp³-hybridized carbons (Fsp3) is 0.0556. The maximum Gasteiger partial charge on any atom is 0.341 e. The number of ketones is 1. The molecule has 0 aliphatic carbocycles. The SMILES string of the molecule is O=C(O)COc1ccc([N+](=O)[O-])cc1C(=O)c1cnn(-c2ccccc2Cl)c1. The Morgan fingerprint density at radius 2 is 2.00 bits per heavy atom. The van der Waals surface area contributed by atoms with Crippen molar-refractivity contribution in [3.8, 4) is 11.4 Å². The van der Waals surface area contributed by atoms with Crippen LogP contribution in [0.15, 0.2) is 54.9 Å². The number of aliphatic carboxylic acids is 1. The summed E-state index contributed by atoms with van der Waals surface area (Å²) in [5.41, 5.74) is 0.198. The summed E-state index contributed by atoms with van der Waals surface area (Å²) in [4.78, 5) is 34.0. The molecule has 10 heteroatoms. The average Bonchev–Trinajstić information content (AvgIpc) is 3.15. The number of rotatable bonds is 7. The minimum Gasteiger partial charge on any atom is -0.481 e. The number of para-hydroxylation sites is 1. The fourth-order valence-corrected chi connectivity index (χ4v) is 2.66. The largest absolute Gasteiger partial charge is 0.481 e. The molecule has 142 valence electrons. The molecule has 0 unspecified atom stereocenters. The Kier molecular flexibility index (Phi) is 5.37. The van der Waals surface area contributed by atoms with E-state index in [9.17, 15) is 19.7 Å². The predicted molar refractivity (Wildman–Crippen MR) is 98.2 cm³/mol. The maximum absolute atomic E-state index is 12.9. The topological polar surface area (TPSA) is 125 Å². The maximum atomic E-state index is 12.9. The van der Waals surface area contributed by atoms with Gasteiger partial charge in [0.05, 0.1) is 33.0 Å². The number of carboxylic acids is 1. The number of non-ortho nitro benzene ring substituents is 1. The number of nitrogens with zero attached hydrogens (tertiary/aromatic N) is 3. The lowest BCUT2D eigenvalue weighted by Gasteiger charge is -2.08. The zero-order valence-corrected chi connectivity index (χ0v) is 14.9. The van der Waals surface area contributed by atoms with E-state index in [1.54, 1.807) is 24.3 Å². The molecule has 28 heavy (non-hydrogen) atoms. The van der Waals surface area contributed by atoms with Gasteiger partial charge in [-0.05, 0) is 18.2 Å². The minimum atomic E-state index is -1.25. The molecule has 0 radical (unpaired) electrons. The van der Waals surface area contributed by atoms with E-state index in [0.29, 0.717) is 10.7 Å². The number of hydrogen-bond donors (Lipinski definition) is 1. The minimum absolute atomic E-state index is 0.0801. The molecule has 9 nitrogen and oxygen atoms in total. The van der Waals surface area contributed by atoms with Crippen LogP contribution in [-0.2, 0) is 4.79 Å². The van der Waals surface area contributed by atoms with Crippen LogP contribution in [-0.4, -0.2) is 38.2 Å². The second-order valence-corrected chi connectivity index (χ2v) is 5.98. The zero-order chi connectivity index (χ0) is 20.3. The Hall–Kier alpha value is -3.72. The summed E-state index contributed by atoms with van der Waals surface area (Å²) in [5, 5.41) is 24.3. The van der Waals surface area contributed by atoms with Gasteiger partial charge >= 0.3 is 5.97 Å². The number of aromatic nitrogens is 2. The van der Waals surface area contributed by atoms with Crippen molar-refractivity contribution in [2.24, 2.45) is 0 Å². The highest BCUT2D eigenvalue weighted by Crippen LogP contribution is 2.27. The first-order valence-electron chi connectivity index (χ1n) is 7.84. The molecule has 0 amide bonds. The van der Waals surface area contributed by atoms with Crippen molar-refractivity contribution in [2.45, 2.75) is 0 Å². The quantitative estimate of drug-likeness (QED) is 0.366. The second kappa shape index (κ2) is 7.89. The number of carbonyl (C=O) groups is 2. The molecule has 0 aliphatic rings. The fourth-order valence-electron chi connectivity index (χ4n) is 2.44. The molecule has 0 atom stereocenters. The van der Waals surface area contributed by atoms with Crippen molar-refractivity contribution >= 4 is 29.0 Å². The average molecular weight is 402 g/mol. The third kappa shape index (κ3) is 3.99. The highest BCUT2D eigenvalue weighted by molar-refractivity contribution is 6.32. The first kappa shape index (κ1) is 19.1. The molecule has 0 saturated heterocycles. The number of nitro benzene ring substituents is 1. The number of carboxylic acid groups (broad SMARTS) is 1. The van der Waals surface area contributed by atoms with E-state index < -0.39 is 23.3 Å². The summed E-state index contributed by atoms with van der Waals surface area (Å²) in [5.74, 6) is -1.94. The Labute approximate surface area is 162 Å². The molecule has 1 aromatic heterocycles. The van der Waals surface area contributed by atoms with E-state index in [1.807, 2.05) is 0 Å². The van der Waals surface area contributed by atoms with Crippen molar-refractivity contribution < 1.29 is 24.4 Å². The number of benzene rings is 2. The van der Waals surface area contributed by atoms with E-state index in [4.69, 9.17) is 21.4 Å². The molecule has 0 aliphatic heterocycles. The van der Waals surface area contributed by atoms with Crippen molar-refractivity contribution in [1.29, 1.82) is 0 Å². The molecule has 0 bridgehead atoms. The van der Waals surface area contributed by atoms with E-state index in [2.05, 4.69) is 5.10 Å². The van der Waals surface area contributed by atoms with Crippen LogP contribution in [0, 0.1) is 10.1 Å². The monoisotopic (exact) mass is 401 g/mol. The van der Waals surface area contributed by atoms with Gasteiger partial charge in [-0.3, -0.25) is 14.9 Å². The number of ether oxygens (including phenoxy) is 1. The van der Waals surface area contributed by atoms with Gasteiger partial charge in [-0.1, -0.05) is 23.7 Å². The van der Waals surface area contributed by atoms with Gasteiger partial charge in [0.15, 0.2) is 12.4 Å². The zero-order valence-electron chi connectivity index (χ0n) is 14.1. The first-order valence-corrected chi connectivity index (χ1v) is 8.22. The van der Waals surface area contributed by atoms with Gasteiger partial charge in [-0.25, -0.2) is 9.48 Å². The number of nitro groups is 1. The smallest absolute Gasteiger partial charge is 0.341 e. The number of carbonyl (C=O) groups excluding carboxylic acids is 1. The molecule has 0 spiro atoms. The molecule has 3 aromatic rings.